The summed E-state index contributed by atoms with van der Waals surface area (Å²) in [6.45, 7) is 2.96. The molecule has 1 aromatic rings. The molecule has 2 atom stereocenters. The topological polar surface area (TPSA) is 69.7 Å². The molecule has 1 fully saturated rings. The zero-order valence-electron chi connectivity index (χ0n) is 13.9. The predicted octanol–water partition coefficient (Wildman–Crippen LogP) is 1.05. The second-order valence-corrected chi connectivity index (χ2v) is 8.19. The van der Waals surface area contributed by atoms with Gasteiger partial charge in [0.25, 0.3) is 0 Å². The van der Waals surface area contributed by atoms with Crippen LogP contribution in [0.25, 0.3) is 0 Å². The number of benzene rings is 1. The smallest absolute Gasteiger partial charge is 0.241 e. The van der Waals surface area contributed by atoms with E-state index in [1.807, 2.05) is 30.3 Å². The molecule has 0 saturated carbocycles. The van der Waals surface area contributed by atoms with E-state index < -0.39 is 21.2 Å². The standard InChI is InChI=1S/C16H25N3O3S/c1-13(16(20)18(2)3)23(21,22)17-14-8-7-11-19(12-14)15-9-5-4-6-10-15/h4-6,9-10,13-14,17H,7-8,11-12H2,1-3H3/t13-,14+/m0/s1. The largest absolute Gasteiger partial charge is 0.370 e. The van der Waals surface area contributed by atoms with Gasteiger partial charge in [0.2, 0.25) is 15.9 Å². The van der Waals surface area contributed by atoms with Crippen LogP contribution in [-0.2, 0) is 14.8 Å². The van der Waals surface area contributed by atoms with Crippen LogP contribution in [-0.4, -0.2) is 57.7 Å². The second kappa shape index (κ2) is 7.31. The van der Waals surface area contributed by atoms with E-state index >= 15 is 0 Å². The molecule has 0 aromatic heterocycles. The molecule has 1 aliphatic heterocycles. The minimum Gasteiger partial charge on any atom is -0.370 e. The molecule has 1 saturated heterocycles. The van der Waals surface area contributed by atoms with E-state index in [1.54, 1.807) is 14.1 Å². The number of nitrogens with zero attached hydrogens (tertiary/aromatic N) is 2. The molecule has 1 aromatic carbocycles. The van der Waals surface area contributed by atoms with Crippen molar-refractivity contribution >= 4 is 21.6 Å². The van der Waals surface area contributed by atoms with Gasteiger partial charge in [-0.2, -0.15) is 0 Å². The SMILES string of the molecule is C[C@@H](C(=O)N(C)C)S(=O)(=O)N[C@@H]1CCCN(c2ccccc2)C1. The Morgan fingerprint density at radius 3 is 2.57 bits per heavy atom. The average molecular weight is 339 g/mol. The van der Waals surface area contributed by atoms with Crippen LogP contribution in [0.5, 0.6) is 0 Å². The van der Waals surface area contributed by atoms with Crippen molar-refractivity contribution in [2.24, 2.45) is 0 Å². The van der Waals surface area contributed by atoms with Crippen LogP contribution in [0.4, 0.5) is 5.69 Å². The number of piperidine rings is 1. The molecule has 0 aliphatic carbocycles. The molecule has 2 rings (SSSR count). The number of amides is 1. The molecule has 1 amide bonds. The fraction of sp³-hybridized carbons (Fsp3) is 0.562. The van der Waals surface area contributed by atoms with Crippen LogP contribution in [0.15, 0.2) is 30.3 Å². The van der Waals surface area contributed by atoms with E-state index in [9.17, 15) is 13.2 Å². The van der Waals surface area contributed by atoms with Gasteiger partial charge in [-0.1, -0.05) is 18.2 Å². The number of hydrogen-bond acceptors (Lipinski definition) is 4. The first kappa shape index (κ1) is 17.7. The van der Waals surface area contributed by atoms with Crippen molar-refractivity contribution in [2.45, 2.75) is 31.1 Å². The molecule has 1 heterocycles. The fourth-order valence-corrected chi connectivity index (χ4v) is 4.11. The Labute approximate surface area is 138 Å². The van der Waals surface area contributed by atoms with Crippen LogP contribution in [0, 0.1) is 0 Å². The van der Waals surface area contributed by atoms with E-state index in [1.165, 1.54) is 11.8 Å². The third kappa shape index (κ3) is 4.45. The number of anilines is 1. The number of nitrogens with one attached hydrogen (secondary N) is 1. The molecular formula is C16H25N3O3S. The second-order valence-electron chi connectivity index (χ2n) is 6.16. The average Bonchev–Trinajstić information content (AvgIpc) is 2.54. The Morgan fingerprint density at radius 1 is 1.30 bits per heavy atom. The molecule has 0 unspecified atom stereocenters. The summed E-state index contributed by atoms with van der Waals surface area (Å²) in [5.41, 5.74) is 1.09. The Bertz CT molecular complexity index is 631. The van der Waals surface area contributed by atoms with Crippen molar-refractivity contribution in [3.8, 4) is 0 Å². The van der Waals surface area contributed by atoms with Crippen LogP contribution in [0.3, 0.4) is 0 Å². The molecule has 6 nitrogen and oxygen atoms in total. The van der Waals surface area contributed by atoms with Gasteiger partial charge in [0, 0.05) is 38.9 Å². The van der Waals surface area contributed by atoms with Gasteiger partial charge in [-0.15, -0.1) is 0 Å². The van der Waals surface area contributed by atoms with Crippen molar-refractivity contribution < 1.29 is 13.2 Å². The van der Waals surface area contributed by atoms with Crippen molar-refractivity contribution in [1.82, 2.24) is 9.62 Å². The highest BCUT2D eigenvalue weighted by atomic mass is 32.2. The molecule has 0 bridgehead atoms. The zero-order valence-corrected chi connectivity index (χ0v) is 14.7. The van der Waals surface area contributed by atoms with Crippen LogP contribution in [0.1, 0.15) is 19.8 Å². The summed E-state index contributed by atoms with van der Waals surface area (Å²) in [6, 6.07) is 9.78. The maximum Gasteiger partial charge on any atom is 0.241 e. The molecule has 23 heavy (non-hydrogen) atoms. The van der Waals surface area contributed by atoms with Crippen LogP contribution in [0.2, 0.25) is 0 Å². The Morgan fingerprint density at radius 2 is 1.96 bits per heavy atom. The van der Waals surface area contributed by atoms with Gasteiger partial charge in [0.1, 0.15) is 0 Å². The van der Waals surface area contributed by atoms with Gasteiger partial charge in [-0.25, -0.2) is 13.1 Å². The van der Waals surface area contributed by atoms with Crippen molar-refractivity contribution in [1.29, 1.82) is 0 Å². The summed E-state index contributed by atoms with van der Waals surface area (Å²) >= 11 is 0. The van der Waals surface area contributed by atoms with E-state index in [-0.39, 0.29) is 6.04 Å². The van der Waals surface area contributed by atoms with E-state index in [0.717, 1.165) is 25.1 Å². The van der Waals surface area contributed by atoms with Gasteiger partial charge < -0.3 is 9.80 Å². The summed E-state index contributed by atoms with van der Waals surface area (Å²) in [6.07, 6.45) is 1.70. The number of hydrogen-bond donors (Lipinski definition) is 1. The zero-order chi connectivity index (χ0) is 17.0. The fourth-order valence-electron chi connectivity index (χ4n) is 2.78. The minimum atomic E-state index is -3.68. The summed E-state index contributed by atoms with van der Waals surface area (Å²) in [5.74, 6) is -0.409. The van der Waals surface area contributed by atoms with E-state index in [4.69, 9.17) is 0 Å². The van der Waals surface area contributed by atoms with Gasteiger partial charge in [0.05, 0.1) is 0 Å². The number of sulfonamides is 1. The van der Waals surface area contributed by atoms with Crippen molar-refractivity contribution in [3.63, 3.8) is 0 Å². The number of rotatable bonds is 5. The summed E-state index contributed by atoms with van der Waals surface area (Å²) in [5, 5.41) is -1.08. The quantitative estimate of drug-likeness (QED) is 0.871. The highest BCUT2D eigenvalue weighted by Crippen LogP contribution is 2.20. The first-order chi connectivity index (χ1) is 10.8. The molecule has 128 valence electrons. The number of carbonyl (C=O) groups is 1. The maximum absolute atomic E-state index is 12.4. The highest BCUT2D eigenvalue weighted by molar-refractivity contribution is 7.90. The Hall–Kier alpha value is -1.60. The third-order valence-electron chi connectivity index (χ3n) is 4.13. The van der Waals surface area contributed by atoms with Crippen LogP contribution >= 0.6 is 0 Å². The van der Waals surface area contributed by atoms with Gasteiger partial charge in [-0.3, -0.25) is 4.79 Å². The van der Waals surface area contributed by atoms with Gasteiger partial charge >= 0.3 is 0 Å². The van der Waals surface area contributed by atoms with Crippen LogP contribution < -0.4 is 9.62 Å². The molecule has 1 aliphatic rings. The molecule has 0 radical (unpaired) electrons. The normalized spacial score (nSPS) is 20.1. The van der Waals surface area contributed by atoms with E-state index in [0.29, 0.717) is 6.54 Å². The number of para-hydroxylation sites is 1. The summed E-state index contributed by atoms with van der Waals surface area (Å²) < 4.78 is 27.5. The Balaban J connectivity index is 2.03. The van der Waals surface area contributed by atoms with E-state index in [2.05, 4.69) is 9.62 Å². The first-order valence-corrected chi connectivity index (χ1v) is 9.38. The molecular weight excluding hydrogens is 314 g/mol. The molecule has 1 N–H and O–H groups in total. The first-order valence-electron chi connectivity index (χ1n) is 7.83. The number of carbonyl (C=O) groups excluding carboxylic acids is 1. The lowest BCUT2D eigenvalue weighted by molar-refractivity contribution is -0.127. The van der Waals surface area contributed by atoms with Gasteiger partial charge in [0.15, 0.2) is 5.25 Å². The summed E-state index contributed by atoms with van der Waals surface area (Å²) in [4.78, 5) is 15.4. The third-order valence-corrected chi connectivity index (χ3v) is 5.92. The lowest BCUT2D eigenvalue weighted by atomic mass is 10.1. The van der Waals surface area contributed by atoms with Crippen molar-refractivity contribution in [3.05, 3.63) is 30.3 Å². The predicted molar refractivity (Wildman–Crippen MR) is 91.9 cm³/mol. The van der Waals surface area contributed by atoms with Crippen molar-refractivity contribution in [2.75, 3.05) is 32.1 Å². The highest BCUT2D eigenvalue weighted by Gasteiger charge is 2.32. The van der Waals surface area contributed by atoms with Gasteiger partial charge in [-0.05, 0) is 31.9 Å². The molecule has 0 spiro atoms. The lowest BCUT2D eigenvalue weighted by Crippen LogP contribution is -2.52. The minimum absolute atomic E-state index is 0.175. The maximum atomic E-state index is 12.4. The lowest BCUT2D eigenvalue weighted by Gasteiger charge is -2.35. The monoisotopic (exact) mass is 339 g/mol. The Kier molecular flexibility index (Phi) is 5.64. The molecule has 7 heteroatoms. The summed E-state index contributed by atoms with van der Waals surface area (Å²) in [7, 11) is -0.554.